The van der Waals surface area contributed by atoms with Crippen LogP contribution in [0, 0.1) is 0 Å². The van der Waals surface area contributed by atoms with E-state index in [-0.39, 0.29) is 23.9 Å². The van der Waals surface area contributed by atoms with E-state index < -0.39 is 10.0 Å². The van der Waals surface area contributed by atoms with Crippen molar-refractivity contribution in [2.75, 3.05) is 26.3 Å². The molecular formula is C20H21Cl2NO5S. The maximum absolute atomic E-state index is 12.6. The predicted octanol–water partition coefficient (Wildman–Crippen LogP) is 3.69. The monoisotopic (exact) mass is 457 g/mol. The highest BCUT2D eigenvalue weighted by molar-refractivity contribution is 7.89. The third kappa shape index (κ3) is 5.93. The van der Waals surface area contributed by atoms with E-state index in [0.717, 1.165) is 5.56 Å². The van der Waals surface area contributed by atoms with Crippen molar-refractivity contribution in [3.8, 4) is 0 Å². The van der Waals surface area contributed by atoms with Crippen molar-refractivity contribution in [3.63, 3.8) is 0 Å². The van der Waals surface area contributed by atoms with Crippen molar-refractivity contribution in [1.29, 1.82) is 0 Å². The van der Waals surface area contributed by atoms with Crippen LogP contribution < -0.4 is 0 Å². The number of hydrogen-bond donors (Lipinski definition) is 0. The van der Waals surface area contributed by atoms with Crippen LogP contribution in [0.15, 0.2) is 47.4 Å². The summed E-state index contributed by atoms with van der Waals surface area (Å²) in [5.41, 5.74) is 1.54. The number of aryl methyl sites for hydroxylation is 1. The molecule has 0 amide bonds. The minimum absolute atomic E-state index is 0.0750. The third-order valence-electron chi connectivity index (χ3n) is 4.55. The Morgan fingerprint density at radius 1 is 1.07 bits per heavy atom. The second-order valence-corrected chi connectivity index (χ2v) is 9.34. The summed E-state index contributed by atoms with van der Waals surface area (Å²) in [5, 5.41) is 0.964. The number of ether oxygens (including phenoxy) is 2. The van der Waals surface area contributed by atoms with E-state index in [4.69, 9.17) is 32.7 Å². The normalized spacial score (nSPS) is 15.2. The van der Waals surface area contributed by atoms with E-state index in [1.807, 2.05) is 0 Å². The molecule has 0 saturated carbocycles. The number of nitrogens with zero attached hydrogens (tertiary/aromatic N) is 1. The van der Waals surface area contributed by atoms with Crippen molar-refractivity contribution >= 4 is 39.2 Å². The molecule has 29 heavy (non-hydrogen) atoms. The lowest BCUT2D eigenvalue weighted by Crippen LogP contribution is -2.40. The number of esters is 1. The smallest absolute Gasteiger partial charge is 0.306 e. The van der Waals surface area contributed by atoms with Gasteiger partial charge >= 0.3 is 5.97 Å². The molecule has 0 N–H and O–H groups in total. The molecule has 1 fully saturated rings. The van der Waals surface area contributed by atoms with E-state index in [9.17, 15) is 13.2 Å². The molecule has 1 aliphatic rings. The zero-order chi connectivity index (χ0) is 20.9. The zero-order valence-electron chi connectivity index (χ0n) is 15.6. The summed E-state index contributed by atoms with van der Waals surface area (Å²) < 4.78 is 37.1. The number of carbonyl (C=O) groups excluding carboxylic acids is 1. The summed E-state index contributed by atoms with van der Waals surface area (Å²) in [5.74, 6) is -0.360. The Balaban J connectivity index is 1.51. The molecule has 0 atom stereocenters. The largest absolute Gasteiger partial charge is 0.461 e. The van der Waals surface area contributed by atoms with Gasteiger partial charge in [0.15, 0.2) is 0 Å². The average molecular weight is 458 g/mol. The van der Waals surface area contributed by atoms with Crippen LogP contribution in [0.5, 0.6) is 0 Å². The molecule has 1 heterocycles. The van der Waals surface area contributed by atoms with Crippen LogP contribution in [0.1, 0.15) is 17.5 Å². The quantitative estimate of drug-likeness (QED) is 0.592. The van der Waals surface area contributed by atoms with Crippen molar-refractivity contribution in [2.24, 2.45) is 0 Å². The Labute approximate surface area is 180 Å². The van der Waals surface area contributed by atoms with Crippen LogP contribution in [0.2, 0.25) is 10.0 Å². The summed E-state index contributed by atoms with van der Waals surface area (Å²) in [7, 11) is -3.52. The summed E-state index contributed by atoms with van der Waals surface area (Å²) >= 11 is 11.9. The van der Waals surface area contributed by atoms with Crippen LogP contribution in [0.4, 0.5) is 0 Å². The standard InChI is InChI=1S/C20H21Cl2NO5S/c21-17-5-4-16(19(22)13-17)14-28-20(24)8-3-15-1-6-18(7-2-15)29(25,26)23-9-11-27-12-10-23/h1-2,4-7,13H,3,8-12,14H2. The summed E-state index contributed by atoms with van der Waals surface area (Å²) in [6, 6.07) is 11.6. The minimum atomic E-state index is -3.52. The molecule has 156 valence electrons. The van der Waals surface area contributed by atoms with E-state index in [0.29, 0.717) is 48.3 Å². The van der Waals surface area contributed by atoms with Gasteiger partial charge in [0.1, 0.15) is 6.61 Å². The number of morpholine rings is 1. The number of rotatable bonds is 7. The summed E-state index contributed by atoms with van der Waals surface area (Å²) in [6.07, 6.45) is 0.631. The van der Waals surface area contributed by atoms with E-state index in [2.05, 4.69) is 0 Å². The maximum Gasteiger partial charge on any atom is 0.306 e. The van der Waals surface area contributed by atoms with Gasteiger partial charge in [-0.15, -0.1) is 0 Å². The predicted molar refractivity (Wildman–Crippen MR) is 111 cm³/mol. The van der Waals surface area contributed by atoms with Crippen molar-refractivity contribution < 1.29 is 22.7 Å². The van der Waals surface area contributed by atoms with Gasteiger partial charge in [0.05, 0.1) is 18.1 Å². The van der Waals surface area contributed by atoms with Crippen LogP contribution in [-0.4, -0.2) is 45.0 Å². The fraction of sp³-hybridized carbons (Fsp3) is 0.350. The second-order valence-electron chi connectivity index (χ2n) is 6.56. The molecule has 1 saturated heterocycles. The second kappa shape index (κ2) is 9.91. The fourth-order valence-corrected chi connectivity index (χ4v) is 4.75. The first-order valence-corrected chi connectivity index (χ1v) is 11.3. The highest BCUT2D eigenvalue weighted by atomic mass is 35.5. The van der Waals surface area contributed by atoms with E-state index in [1.165, 1.54) is 4.31 Å². The van der Waals surface area contributed by atoms with Gasteiger partial charge in [-0.05, 0) is 36.2 Å². The molecule has 0 bridgehead atoms. The first-order valence-electron chi connectivity index (χ1n) is 9.12. The molecular weight excluding hydrogens is 437 g/mol. The van der Waals surface area contributed by atoms with Gasteiger partial charge in [-0.3, -0.25) is 4.79 Å². The average Bonchev–Trinajstić information content (AvgIpc) is 2.72. The third-order valence-corrected chi connectivity index (χ3v) is 7.05. The van der Waals surface area contributed by atoms with E-state index in [1.54, 1.807) is 42.5 Å². The molecule has 0 spiro atoms. The van der Waals surface area contributed by atoms with Crippen molar-refractivity contribution in [1.82, 2.24) is 4.31 Å². The van der Waals surface area contributed by atoms with Gasteiger partial charge in [-0.2, -0.15) is 4.31 Å². The first-order chi connectivity index (χ1) is 13.9. The Kier molecular flexibility index (Phi) is 7.54. The van der Waals surface area contributed by atoms with Gasteiger partial charge in [-0.1, -0.05) is 41.4 Å². The number of sulfonamides is 1. The SMILES string of the molecule is O=C(CCc1ccc(S(=O)(=O)N2CCOCC2)cc1)OCc1ccc(Cl)cc1Cl. The Bertz CT molecular complexity index is 957. The minimum Gasteiger partial charge on any atom is -0.461 e. The molecule has 3 rings (SSSR count). The highest BCUT2D eigenvalue weighted by Gasteiger charge is 2.26. The fourth-order valence-electron chi connectivity index (χ4n) is 2.88. The van der Waals surface area contributed by atoms with Crippen LogP contribution >= 0.6 is 23.2 Å². The molecule has 0 aromatic heterocycles. The van der Waals surface area contributed by atoms with Gasteiger partial charge < -0.3 is 9.47 Å². The lowest BCUT2D eigenvalue weighted by molar-refractivity contribution is -0.144. The number of hydrogen-bond acceptors (Lipinski definition) is 5. The lowest BCUT2D eigenvalue weighted by atomic mass is 10.1. The van der Waals surface area contributed by atoms with E-state index >= 15 is 0 Å². The lowest BCUT2D eigenvalue weighted by Gasteiger charge is -2.26. The van der Waals surface area contributed by atoms with Crippen LogP contribution in [0.3, 0.4) is 0 Å². The number of halogens is 2. The molecule has 9 heteroatoms. The van der Waals surface area contributed by atoms with Gasteiger partial charge in [0, 0.05) is 35.1 Å². The maximum atomic E-state index is 12.6. The zero-order valence-corrected chi connectivity index (χ0v) is 18.0. The van der Waals surface area contributed by atoms with Gasteiger partial charge in [0.2, 0.25) is 10.0 Å². The Morgan fingerprint density at radius 3 is 2.41 bits per heavy atom. The Hall–Kier alpha value is -1.64. The molecule has 0 aliphatic carbocycles. The number of benzene rings is 2. The summed E-state index contributed by atoms with van der Waals surface area (Å²) in [4.78, 5) is 12.2. The van der Waals surface area contributed by atoms with Crippen molar-refractivity contribution in [3.05, 3.63) is 63.6 Å². The molecule has 0 radical (unpaired) electrons. The molecule has 0 unspecified atom stereocenters. The van der Waals surface area contributed by atoms with Gasteiger partial charge in [-0.25, -0.2) is 8.42 Å². The topological polar surface area (TPSA) is 72.9 Å². The molecule has 2 aromatic carbocycles. The highest BCUT2D eigenvalue weighted by Crippen LogP contribution is 2.22. The van der Waals surface area contributed by atoms with Crippen LogP contribution in [-0.2, 0) is 37.3 Å². The molecule has 6 nitrogen and oxygen atoms in total. The first kappa shape index (κ1) is 22.1. The Morgan fingerprint density at radius 2 is 1.76 bits per heavy atom. The van der Waals surface area contributed by atoms with Gasteiger partial charge in [0.25, 0.3) is 0 Å². The van der Waals surface area contributed by atoms with Crippen LogP contribution in [0.25, 0.3) is 0 Å². The van der Waals surface area contributed by atoms with Crippen molar-refractivity contribution in [2.45, 2.75) is 24.3 Å². The summed E-state index contributed by atoms with van der Waals surface area (Å²) in [6.45, 7) is 1.59. The number of carbonyl (C=O) groups is 1. The molecule has 2 aromatic rings. The molecule has 1 aliphatic heterocycles.